The number of rotatable bonds is 4. The molecule has 6 nitrogen and oxygen atoms in total. The minimum atomic E-state index is -0.985. The highest BCUT2D eigenvalue weighted by molar-refractivity contribution is 9.10. The van der Waals surface area contributed by atoms with Gasteiger partial charge in [-0.15, -0.1) is 0 Å². The van der Waals surface area contributed by atoms with Gasteiger partial charge in [0, 0.05) is 27.8 Å². The monoisotopic (exact) mass is 443 g/mol. The Bertz CT molecular complexity index is 1190. The van der Waals surface area contributed by atoms with Gasteiger partial charge in [0.05, 0.1) is 0 Å². The van der Waals surface area contributed by atoms with E-state index in [0.717, 1.165) is 22.0 Å². The van der Waals surface area contributed by atoms with Gasteiger partial charge in [0.25, 0.3) is 0 Å². The van der Waals surface area contributed by atoms with Crippen molar-refractivity contribution in [1.82, 2.24) is 15.0 Å². The number of benzene rings is 2. The van der Waals surface area contributed by atoms with Crippen LogP contribution in [-0.2, 0) is 0 Å². The minimum Gasteiger partial charge on any atom is -0.435 e. The summed E-state index contributed by atoms with van der Waals surface area (Å²) in [5.74, 6) is -1.16. The van der Waals surface area contributed by atoms with Crippen molar-refractivity contribution in [2.75, 3.05) is 11.1 Å². The van der Waals surface area contributed by atoms with Gasteiger partial charge in [-0.1, -0.05) is 22.0 Å². The fraction of sp³-hybridized carbons (Fsp3) is 0. The first-order valence-electron chi connectivity index (χ1n) is 8.06. The first-order valence-corrected chi connectivity index (χ1v) is 8.86. The molecule has 0 bridgehead atoms. The maximum atomic E-state index is 13.4. The highest BCUT2D eigenvalue weighted by Gasteiger charge is 2.14. The van der Waals surface area contributed by atoms with E-state index in [1.807, 2.05) is 18.2 Å². The second kappa shape index (κ2) is 7.35. The smallest absolute Gasteiger partial charge is 0.248 e. The average Bonchev–Trinajstić information content (AvgIpc) is 2.70. The zero-order valence-corrected chi connectivity index (χ0v) is 15.7. The normalized spacial score (nSPS) is 10.8. The van der Waals surface area contributed by atoms with Crippen LogP contribution in [0.25, 0.3) is 10.9 Å². The van der Waals surface area contributed by atoms with Gasteiger partial charge in [0.2, 0.25) is 5.88 Å². The molecule has 0 atom stereocenters. The van der Waals surface area contributed by atoms with Gasteiger partial charge in [0.15, 0.2) is 23.2 Å². The van der Waals surface area contributed by atoms with Gasteiger partial charge in [-0.05, 0) is 30.3 Å². The predicted molar refractivity (Wildman–Crippen MR) is 106 cm³/mol. The quantitative estimate of drug-likeness (QED) is 0.451. The third kappa shape index (κ3) is 3.44. The van der Waals surface area contributed by atoms with Crippen molar-refractivity contribution < 1.29 is 13.5 Å². The topological polar surface area (TPSA) is 86.0 Å². The van der Waals surface area contributed by atoms with E-state index in [0.29, 0.717) is 11.3 Å². The molecule has 0 saturated carbocycles. The largest absolute Gasteiger partial charge is 0.435 e. The van der Waals surface area contributed by atoms with Crippen LogP contribution in [-0.4, -0.2) is 15.0 Å². The fourth-order valence-electron chi connectivity index (χ4n) is 2.57. The Morgan fingerprint density at radius 2 is 1.86 bits per heavy atom. The molecule has 2 aromatic heterocycles. The number of pyridine rings is 1. The molecular formula is C19H12BrF2N5O. The molecule has 0 fully saturated rings. The molecule has 0 saturated heterocycles. The molecule has 28 heavy (non-hydrogen) atoms. The lowest BCUT2D eigenvalue weighted by molar-refractivity contribution is 0.469. The van der Waals surface area contributed by atoms with Crippen molar-refractivity contribution >= 4 is 44.0 Å². The molecule has 4 aromatic rings. The summed E-state index contributed by atoms with van der Waals surface area (Å²) in [5.41, 5.74) is 7.13. The summed E-state index contributed by atoms with van der Waals surface area (Å²) in [4.78, 5) is 12.4. The van der Waals surface area contributed by atoms with Crippen LogP contribution < -0.4 is 15.8 Å². The zero-order valence-electron chi connectivity index (χ0n) is 14.2. The lowest BCUT2D eigenvalue weighted by atomic mass is 10.2. The van der Waals surface area contributed by atoms with Gasteiger partial charge in [0.1, 0.15) is 17.5 Å². The molecule has 0 aliphatic carbocycles. The van der Waals surface area contributed by atoms with Crippen LogP contribution in [0.4, 0.5) is 26.0 Å². The molecule has 0 aliphatic heterocycles. The summed E-state index contributed by atoms with van der Waals surface area (Å²) in [6.07, 6.45) is 2.91. The SMILES string of the molecule is Nc1c(Nc2ccc(F)c(F)c2)ncnc1Oc1ccc(Br)c2cccnc12. The number of hydrogen-bond acceptors (Lipinski definition) is 6. The van der Waals surface area contributed by atoms with E-state index < -0.39 is 11.6 Å². The second-order valence-corrected chi connectivity index (χ2v) is 6.60. The Balaban J connectivity index is 1.68. The van der Waals surface area contributed by atoms with E-state index in [4.69, 9.17) is 10.5 Å². The van der Waals surface area contributed by atoms with Crippen LogP contribution in [0.2, 0.25) is 0 Å². The van der Waals surface area contributed by atoms with Crippen LogP contribution in [0.5, 0.6) is 11.6 Å². The Morgan fingerprint density at radius 1 is 1.00 bits per heavy atom. The molecule has 2 aromatic carbocycles. The Morgan fingerprint density at radius 3 is 2.68 bits per heavy atom. The lowest BCUT2D eigenvalue weighted by Gasteiger charge is -2.13. The molecule has 0 aliphatic rings. The van der Waals surface area contributed by atoms with Crippen LogP contribution >= 0.6 is 15.9 Å². The lowest BCUT2D eigenvalue weighted by Crippen LogP contribution is -2.03. The Kier molecular flexibility index (Phi) is 4.74. The number of nitrogens with zero attached hydrogens (tertiary/aromatic N) is 3. The number of nitrogens with one attached hydrogen (secondary N) is 1. The number of anilines is 3. The standard InChI is InChI=1S/C19H12BrF2N5O/c20-12-4-6-15(17-11(12)2-1-7-24-17)28-19-16(23)18(25-9-26-19)27-10-3-5-13(21)14(22)8-10/h1-9H,23H2,(H,25,26,27). The number of nitrogens with two attached hydrogens (primary N) is 1. The summed E-state index contributed by atoms with van der Waals surface area (Å²) in [6, 6.07) is 10.7. The molecule has 0 amide bonds. The molecule has 2 heterocycles. The molecular weight excluding hydrogens is 432 g/mol. The predicted octanol–water partition coefficient (Wildman–Crippen LogP) is 5.18. The Hall–Kier alpha value is -3.33. The highest BCUT2D eigenvalue weighted by Crippen LogP contribution is 2.36. The maximum Gasteiger partial charge on any atom is 0.248 e. The van der Waals surface area contributed by atoms with E-state index in [2.05, 4.69) is 36.2 Å². The molecule has 0 unspecified atom stereocenters. The summed E-state index contributed by atoms with van der Waals surface area (Å²) in [7, 11) is 0. The number of nitrogen functional groups attached to an aromatic ring is 1. The van der Waals surface area contributed by atoms with Crippen molar-refractivity contribution in [3.8, 4) is 11.6 Å². The maximum absolute atomic E-state index is 13.4. The summed E-state index contributed by atoms with van der Waals surface area (Å²) < 4.78 is 33.3. The fourth-order valence-corrected chi connectivity index (χ4v) is 3.02. The van der Waals surface area contributed by atoms with Crippen molar-refractivity contribution in [2.24, 2.45) is 0 Å². The van der Waals surface area contributed by atoms with Gasteiger partial charge < -0.3 is 15.8 Å². The zero-order chi connectivity index (χ0) is 19.7. The van der Waals surface area contributed by atoms with Crippen molar-refractivity contribution in [2.45, 2.75) is 0 Å². The van der Waals surface area contributed by atoms with E-state index in [1.54, 1.807) is 12.3 Å². The summed E-state index contributed by atoms with van der Waals surface area (Å²) >= 11 is 3.48. The number of aromatic nitrogens is 3. The second-order valence-electron chi connectivity index (χ2n) is 5.74. The third-order valence-electron chi connectivity index (χ3n) is 3.92. The molecule has 0 spiro atoms. The van der Waals surface area contributed by atoms with Crippen molar-refractivity contribution in [1.29, 1.82) is 0 Å². The molecule has 9 heteroatoms. The van der Waals surface area contributed by atoms with Crippen LogP contribution in [0.1, 0.15) is 0 Å². The van der Waals surface area contributed by atoms with E-state index >= 15 is 0 Å². The van der Waals surface area contributed by atoms with Gasteiger partial charge >= 0.3 is 0 Å². The van der Waals surface area contributed by atoms with Crippen LogP contribution in [0.3, 0.4) is 0 Å². The molecule has 3 N–H and O–H groups in total. The van der Waals surface area contributed by atoms with E-state index in [9.17, 15) is 8.78 Å². The molecule has 0 radical (unpaired) electrons. The van der Waals surface area contributed by atoms with E-state index in [-0.39, 0.29) is 23.1 Å². The summed E-state index contributed by atoms with van der Waals surface area (Å²) in [6.45, 7) is 0. The Labute approximate surface area is 166 Å². The van der Waals surface area contributed by atoms with Gasteiger partial charge in [-0.3, -0.25) is 4.98 Å². The first kappa shape index (κ1) is 18.1. The molecule has 140 valence electrons. The van der Waals surface area contributed by atoms with Gasteiger partial charge in [-0.25, -0.2) is 13.8 Å². The summed E-state index contributed by atoms with van der Waals surface area (Å²) in [5, 5.41) is 3.70. The first-order chi connectivity index (χ1) is 13.5. The van der Waals surface area contributed by atoms with Gasteiger partial charge in [-0.2, -0.15) is 4.98 Å². The van der Waals surface area contributed by atoms with Crippen molar-refractivity contribution in [3.05, 3.63) is 71.1 Å². The average molecular weight is 444 g/mol. The number of ether oxygens (including phenoxy) is 1. The number of hydrogen-bond donors (Lipinski definition) is 2. The van der Waals surface area contributed by atoms with Crippen LogP contribution in [0.15, 0.2) is 59.5 Å². The highest BCUT2D eigenvalue weighted by atomic mass is 79.9. The van der Waals surface area contributed by atoms with E-state index in [1.165, 1.54) is 12.4 Å². The number of fused-ring (bicyclic) bond motifs is 1. The minimum absolute atomic E-state index is 0.106. The molecule has 4 rings (SSSR count). The third-order valence-corrected chi connectivity index (χ3v) is 4.61. The van der Waals surface area contributed by atoms with Crippen molar-refractivity contribution in [3.63, 3.8) is 0 Å². The van der Waals surface area contributed by atoms with Crippen LogP contribution in [0, 0.1) is 11.6 Å². The number of halogens is 3.